The Labute approximate surface area is 125 Å². The molecule has 2 aromatic carbocycles. The van der Waals surface area contributed by atoms with Crippen molar-refractivity contribution in [3.63, 3.8) is 0 Å². The number of thiazole rings is 1. The third-order valence-electron chi connectivity index (χ3n) is 3.26. The van der Waals surface area contributed by atoms with E-state index in [2.05, 4.69) is 22.3 Å². The first kappa shape index (κ1) is 13.7. The summed E-state index contributed by atoms with van der Waals surface area (Å²) in [5, 5.41) is 8.58. The number of nitrogens with zero attached hydrogens (tertiary/aromatic N) is 3. The molecule has 0 aliphatic rings. The van der Waals surface area contributed by atoms with Gasteiger partial charge in [-0.25, -0.2) is 4.39 Å². The Hall–Kier alpha value is -2.27. The van der Waals surface area contributed by atoms with Crippen molar-refractivity contribution in [2.45, 2.75) is 6.92 Å². The molecule has 3 aromatic rings. The van der Waals surface area contributed by atoms with Gasteiger partial charge in [0.2, 0.25) is 4.80 Å². The van der Waals surface area contributed by atoms with E-state index in [9.17, 15) is 4.39 Å². The smallest absolute Gasteiger partial charge is 0.211 e. The number of halogens is 1. The number of fused-ring (bicyclic) bond motifs is 1. The number of hydrogen-bond donors (Lipinski definition) is 0. The molecule has 106 valence electrons. The quantitative estimate of drug-likeness (QED) is 0.510. The molecule has 0 N–H and O–H groups in total. The lowest BCUT2D eigenvalue weighted by Crippen LogP contribution is -2.09. The first-order valence-corrected chi connectivity index (χ1v) is 7.35. The van der Waals surface area contributed by atoms with Crippen molar-refractivity contribution in [1.29, 1.82) is 0 Å². The molecular formula is C16H14FN3S. The molecule has 0 spiro atoms. The molecule has 0 fully saturated rings. The highest BCUT2D eigenvalue weighted by atomic mass is 32.1. The van der Waals surface area contributed by atoms with Crippen LogP contribution in [0.4, 0.5) is 4.39 Å². The summed E-state index contributed by atoms with van der Waals surface area (Å²) in [7, 11) is 1.97. The molecule has 0 atom stereocenters. The highest BCUT2D eigenvalue weighted by Crippen LogP contribution is 2.15. The van der Waals surface area contributed by atoms with Crippen LogP contribution in [0.5, 0.6) is 0 Å². The third-order valence-corrected chi connectivity index (χ3v) is 4.37. The first-order valence-electron chi connectivity index (χ1n) is 6.54. The summed E-state index contributed by atoms with van der Waals surface area (Å²) in [6.45, 7) is 1.87. The number of aryl methyl sites for hydroxylation is 1. The van der Waals surface area contributed by atoms with E-state index in [1.165, 1.54) is 16.8 Å². The number of aromatic nitrogens is 1. The van der Waals surface area contributed by atoms with Gasteiger partial charge in [0.1, 0.15) is 5.82 Å². The molecule has 1 heterocycles. The molecule has 1 aromatic heterocycles. The van der Waals surface area contributed by atoms with Gasteiger partial charge in [-0.15, -0.1) is 5.10 Å². The molecule has 0 aliphatic heterocycles. The molecule has 3 nitrogen and oxygen atoms in total. The fourth-order valence-electron chi connectivity index (χ4n) is 2.04. The van der Waals surface area contributed by atoms with Gasteiger partial charge in [0.15, 0.2) is 0 Å². The minimum Gasteiger partial charge on any atom is -0.318 e. The van der Waals surface area contributed by atoms with E-state index in [-0.39, 0.29) is 5.82 Å². The lowest BCUT2D eigenvalue weighted by Gasteiger charge is -1.97. The van der Waals surface area contributed by atoms with Crippen molar-refractivity contribution < 1.29 is 4.39 Å². The third kappa shape index (κ3) is 2.78. The topological polar surface area (TPSA) is 29.6 Å². The lowest BCUT2D eigenvalue weighted by atomic mass is 10.1. The molecule has 0 saturated heterocycles. The zero-order chi connectivity index (χ0) is 14.8. The van der Waals surface area contributed by atoms with Crippen LogP contribution in [0.25, 0.3) is 10.2 Å². The lowest BCUT2D eigenvalue weighted by molar-refractivity contribution is 0.628. The SMILES string of the molecule is C/C(=N/N=c1/sc2ccccc2n1C)c1ccc(F)cc1. The van der Waals surface area contributed by atoms with Gasteiger partial charge in [-0.2, -0.15) is 5.10 Å². The molecule has 0 saturated carbocycles. The summed E-state index contributed by atoms with van der Waals surface area (Å²) in [6.07, 6.45) is 0. The van der Waals surface area contributed by atoms with Crippen LogP contribution in [0.1, 0.15) is 12.5 Å². The number of rotatable bonds is 2. The normalized spacial score (nSPS) is 13.1. The van der Waals surface area contributed by atoms with Crippen molar-refractivity contribution >= 4 is 27.3 Å². The molecule has 0 radical (unpaired) electrons. The summed E-state index contributed by atoms with van der Waals surface area (Å²) >= 11 is 1.59. The summed E-state index contributed by atoms with van der Waals surface area (Å²) in [5.41, 5.74) is 2.76. The average molecular weight is 299 g/mol. The van der Waals surface area contributed by atoms with E-state index in [1.54, 1.807) is 23.5 Å². The van der Waals surface area contributed by atoms with Gasteiger partial charge in [0.25, 0.3) is 0 Å². The van der Waals surface area contributed by atoms with Crippen LogP contribution in [-0.2, 0) is 7.05 Å². The second kappa shape index (κ2) is 5.61. The van der Waals surface area contributed by atoms with Crippen molar-refractivity contribution in [2.24, 2.45) is 17.3 Å². The highest BCUT2D eigenvalue weighted by molar-refractivity contribution is 7.16. The Morgan fingerprint density at radius 2 is 1.81 bits per heavy atom. The fraction of sp³-hybridized carbons (Fsp3) is 0.125. The van der Waals surface area contributed by atoms with E-state index >= 15 is 0 Å². The van der Waals surface area contributed by atoms with E-state index in [0.29, 0.717) is 0 Å². The Morgan fingerprint density at radius 1 is 1.10 bits per heavy atom. The Balaban J connectivity index is 2.02. The monoisotopic (exact) mass is 299 g/mol. The largest absolute Gasteiger partial charge is 0.318 e. The predicted octanol–water partition coefficient (Wildman–Crippen LogP) is 3.70. The van der Waals surface area contributed by atoms with E-state index in [4.69, 9.17) is 0 Å². The van der Waals surface area contributed by atoms with Gasteiger partial charge in [-0.3, -0.25) is 0 Å². The second-order valence-corrected chi connectivity index (χ2v) is 5.71. The molecule has 0 bridgehead atoms. The van der Waals surface area contributed by atoms with Crippen LogP contribution in [0.15, 0.2) is 58.7 Å². The van der Waals surface area contributed by atoms with Crippen molar-refractivity contribution in [2.75, 3.05) is 0 Å². The van der Waals surface area contributed by atoms with Crippen molar-refractivity contribution in [3.8, 4) is 0 Å². The van der Waals surface area contributed by atoms with Crippen LogP contribution in [-0.4, -0.2) is 10.3 Å². The van der Waals surface area contributed by atoms with Crippen LogP contribution in [0.3, 0.4) is 0 Å². The van der Waals surface area contributed by atoms with Gasteiger partial charge in [0.05, 0.1) is 15.9 Å². The molecule has 21 heavy (non-hydrogen) atoms. The van der Waals surface area contributed by atoms with E-state index < -0.39 is 0 Å². The number of benzene rings is 2. The van der Waals surface area contributed by atoms with Gasteiger partial charge in [0, 0.05) is 7.05 Å². The summed E-state index contributed by atoms with van der Waals surface area (Å²) in [6, 6.07) is 14.4. The molecule has 0 aliphatic carbocycles. The first-order chi connectivity index (χ1) is 10.1. The van der Waals surface area contributed by atoms with Gasteiger partial charge in [-0.1, -0.05) is 35.6 Å². The van der Waals surface area contributed by atoms with Crippen LogP contribution in [0.2, 0.25) is 0 Å². The minimum atomic E-state index is -0.251. The van der Waals surface area contributed by atoms with Crippen LogP contribution in [0, 0.1) is 5.82 Å². The maximum Gasteiger partial charge on any atom is 0.211 e. The summed E-state index contributed by atoms with van der Waals surface area (Å²) < 4.78 is 16.1. The summed E-state index contributed by atoms with van der Waals surface area (Å²) in [4.78, 5) is 0.831. The fourth-order valence-corrected chi connectivity index (χ4v) is 3.01. The zero-order valence-corrected chi connectivity index (χ0v) is 12.6. The average Bonchev–Trinajstić information content (AvgIpc) is 2.82. The van der Waals surface area contributed by atoms with E-state index in [0.717, 1.165) is 21.6 Å². The Bertz CT molecular complexity index is 872. The molecule has 3 rings (SSSR count). The molecule has 0 amide bonds. The van der Waals surface area contributed by atoms with Gasteiger partial charge < -0.3 is 4.57 Å². The maximum absolute atomic E-state index is 12.9. The zero-order valence-electron chi connectivity index (χ0n) is 11.7. The van der Waals surface area contributed by atoms with Crippen molar-refractivity contribution in [1.82, 2.24) is 4.57 Å². The summed E-state index contributed by atoms with van der Waals surface area (Å²) in [5.74, 6) is -0.251. The number of hydrogen-bond acceptors (Lipinski definition) is 3. The predicted molar refractivity (Wildman–Crippen MR) is 85.0 cm³/mol. The maximum atomic E-state index is 12.9. The van der Waals surface area contributed by atoms with Gasteiger partial charge in [-0.05, 0) is 36.8 Å². The number of para-hydroxylation sites is 1. The van der Waals surface area contributed by atoms with E-state index in [1.807, 2.05) is 30.7 Å². The molecule has 5 heteroatoms. The minimum absolute atomic E-state index is 0.251. The van der Waals surface area contributed by atoms with Crippen molar-refractivity contribution in [3.05, 3.63) is 64.7 Å². The molecular weight excluding hydrogens is 285 g/mol. The van der Waals surface area contributed by atoms with Gasteiger partial charge >= 0.3 is 0 Å². The highest BCUT2D eigenvalue weighted by Gasteiger charge is 2.01. The standard InChI is InChI=1S/C16H14FN3S/c1-11(12-7-9-13(17)10-8-12)18-19-16-20(2)14-5-3-4-6-15(14)21-16/h3-10H,1-2H3/b18-11-,19-16+. The van der Waals surface area contributed by atoms with Crippen LogP contribution >= 0.6 is 11.3 Å². The molecule has 0 unspecified atom stereocenters. The Kier molecular flexibility index (Phi) is 3.66. The van der Waals surface area contributed by atoms with Crippen LogP contribution < -0.4 is 4.80 Å². The second-order valence-electron chi connectivity index (χ2n) is 4.70. The Morgan fingerprint density at radius 3 is 2.52 bits per heavy atom.